The van der Waals surface area contributed by atoms with E-state index in [1.807, 2.05) is 13.8 Å². The van der Waals surface area contributed by atoms with Gasteiger partial charge in [0.15, 0.2) is 0 Å². The molecule has 0 aliphatic rings. The van der Waals surface area contributed by atoms with Gasteiger partial charge in [0, 0.05) is 12.7 Å². The van der Waals surface area contributed by atoms with Crippen molar-refractivity contribution in [2.24, 2.45) is 0 Å². The molecule has 2 aromatic rings. The predicted octanol–water partition coefficient (Wildman–Crippen LogP) is 0.180. The fourth-order valence-corrected chi connectivity index (χ4v) is 1.79. The number of hydrogen-bond acceptors (Lipinski definition) is 6. The van der Waals surface area contributed by atoms with Gasteiger partial charge in [0.05, 0.1) is 48.7 Å². The minimum Gasteiger partial charge on any atom is -0.394 e. The zero-order valence-electron chi connectivity index (χ0n) is 12.6. The van der Waals surface area contributed by atoms with E-state index in [2.05, 4.69) is 20.6 Å². The monoisotopic (exact) mass is 305 g/mol. The highest BCUT2D eigenvalue weighted by Crippen LogP contribution is 2.09. The van der Waals surface area contributed by atoms with Crippen LogP contribution in [0.25, 0.3) is 5.69 Å². The zero-order chi connectivity index (χ0) is 16.0. The number of pyridine rings is 1. The SMILES string of the molecule is CC(C)(CNC(=O)c1cncc(-n2ccnn2)c1)OCCO. The third-order valence-corrected chi connectivity index (χ3v) is 2.93. The van der Waals surface area contributed by atoms with Crippen molar-refractivity contribution in [2.75, 3.05) is 19.8 Å². The second kappa shape index (κ2) is 7.10. The molecule has 1 amide bonds. The lowest BCUT2D eigenvalue weighted by atomic mass is 10.1. The van der Waals surface area contributed by atoms with Gasteiger partial charge in [-0.15, -0.1) is 5.10 Å². The molecule has 0 aromatic carbocycles. The first-order valence-corrected chi connectivity index (χ1v) is 6.86. The number of hydrogen-bond donors (Lipinski definition) is 2. The molecular formula is C14H19N5O3. The van der Waals surface area contributed by atoms with E-state index >= 15 is 0 Å². The van der Waals surface area contributed by atoms with E-state index < -0.39 is 5.60 Å². The molecule has 2 rings (SSSR count). The summed E-state index contributed by atoms with van der Waals surface area (Å²) in [6.07, 6.45) is 6.30. The molecule has 0 aliphatic carbocycles. The van der Waals surface area contributed by atoms with Gasteiger partial charge >= 0.3 is 0 Å². The lowest BCUT2D eigenvalue weighted by Gasteiger charge is -2.25. The van der Waals surface area contributed by atoms with Gasteiger partial charge in [-0.3, -0.25) is 9.78 Å². The van der Waals surface area contributed by atoms with Crippen LogP contribution in [0.15, 0.2) is 30.9 Å². The lowest BCUT2D eigenvalue weighted by Crippen LogP contribution is -2.41. The number of nitrogens with zero attached hydrogens (tertiary/aromatic N) is 4. The molecule has 2 aromatic heterocycles. The first kappa shape index (κ1) is 16.1. The molecule has 22 heavy (non-hydrogen) atoms. The van der Waals surface area contributed by atoms with Crippen LogP contribution in [0.1, 0.15) is 24.2 Å². The summed E-state index contributed by atoms with van der Waals surface area (Å²) in [4.78, 5) is 16.2. The maximum Gasteiger partial charge on any atom is 0.253 e. The third-order valence-electron chi connectivity index (χ3n) is 2.93. The van der Waals surface area contributed by atoms with Gasteiger partial charge in [-0.05, 0) is 19.9 Å². The second-order valence-corrected chi connectivity index (χ2v) is 5.29. The molecule has 0 aliphatic heterocycles. The van der Waals surface area contributed by atoms with Crippen molar-refractivity contribution in [3.8, 4) is 5.69 Å². The summed E-state index contributed by atoms with van der Waals surface area (Å²) in [5.41, 5.74) is 0.516. The Morgan fingerprint density at radius 1 is 1.45 bits per heavy atom. The summed E-state index contributed by atoms with van der Waals surface area (Å²) in [6.45, 7) is 4.17. The Hall–Kier alpha value is -2.32. The molecule has 0 saturated heterocycles. The molecule has 0 unspecified atom stereocenters. The van der Waals surface area contributed by atoms with Crippen molar-refractivity contribution in [2.45, 2.75) is 19.4 Å². The van der Waals surface area contributed by atoms with E-state index in [9.17, 15) is 4.79 Å². The average Bonchev–Trinajstić information content (AvgIpc) is 3.05. The first-order valence-electron chi connectivity index (χ1n) is 6.86. The first-order chi connectivity index (χ1) is 10.5. The summed E-state index contributed by atoms with van der Waals surface area (Å²) < 4.78 is 6.97. The van der Waals surface area contributed by atoms with Crippen LogP contribution in [0.4, 0.5) is 0 Å². The van der Waals surface area contributed by atoms with E-state index in [0.29, 0.717) is 17.8 Å². The highest BCUT2D eigenvalue weighted by atomic mass is 16.5. The van der Waals surface area contributed by atoms with Gasteiger partial charge in [0.25, 0.3) is 5.91 Å². The smallest absolute Gasteiger partial charge is 0.253 e. The lowest BCUT2D eigenvalue weighted by molar-refractivity contribution is -0.0307. The van der Waals surface area contributed by atoms with Gasteiger partial charge in [0.1, 0.15) is 0 Å². The summed E-state index contributed by atoms with van der Waals surface area (Å²) in [6, 6.07) is 1.68. The average molecular weight is 305 g/mol. The summed E-state index contributed by atoms with van der Waals surface area (Å²) in [5, 5.41) is 19.1. The standard InChI is InChI=1S/C14H19N5O3/c1-14(2,22-6-5-20)10-16-13(21)11-7-12(9-15-8-11)19-4-3-17-18-19/h3-4,7-9,20H,5-6,10H2,1-2H3,(H,16,21). The molecule has 0 atom stereocenters. The van der Waals surface area contributed by atoms with E-state index in [1.165, 1.54) is 10.9 Å². The quantitative estimate of drug-likeness (QED) is 0.756. The summed E-state index contributed by atoms with van der Waals surface area (Å²) in [7, 11) is 0. The number of carbonyl (C=O) groups is 1. The van der Waals surface area contributed by atoms with Crippen molar-refractivity contribution >= 4 is 5.91 Å². The number of nitrogens with one attached hydrogen (secondary N) is 1. The van der Waals surface area contributed by atoms with Crippen LogP contribution in [0, 0.1) is 0 Å². The van der Waals surface area contributed by atoms with E-state index in [0.717, 1.165) is 0 Å². The topological polar surface area (TPSA) is 102 Å². The minimum absolute atomic E-state index is 0.0543. The number of rotatable bonds is 7. The molecule has 8 nitrogen and oxygen atoms in total. The van der Waals surface area contributed by atoms with Crippen molar-refractivity contribution in [3.63, 3.8) is 0 Å². The van der Waals surface area contributed by atoms with Crippen LogP contribution in [0.2, 0.25) is 0 Å². The van der Waals surface area contributed by atoms with Gasteiger partial charge < -0.3 is 15.2 Å². The zero-order valence-corrected chi connectivity index (χ0v) is 12.6. The van der Waals surface area contributed by atoms with Gasteiger partial charge in [0.2, 0.25) is 0 Å². The predicted molar refractivity (Wildman–Crippen MR) is 78.6 cm³/mol. The second-order valence-electron chi connectivity index (χ2n) is 5.29. The molecule has 0 bridgehead atoms. The van der Waals surface area contributed by atoms with Gasteiger partial charge in [-0.2, -0.15) is 0 Å². The number of aromatic nitrogens is 4. The number of ether oxygens (including phenoxy) is 1. The summed E-state index contributed by atoms with van der Waals surface area (Å²) >= 11 is 0. The number of aliphatic hydroxyl groups is 1. The Labute approximate surface area is 128 Å². The van der Waals surface area contributed by atoms with Crippen molar-refractivity contribution in [1.29, 1.82) is 0 Å². The minimum atomic E-state index is -0.560. The largest absolute Gasteiger partial charge is 0.394 e. The van der Waals surface area contributed by atoms with E-state index in [-0.39, 0.29) is 19.1 Å². The Balaban J connectivity index is 2.00. The number of amides is 1. The highest BCUT2D eigenvalue weighted by molar-refractivity contribution is 5.94. The van der Waals surface area contributed by atoms with E-state index in [4.69, 9.17) is 9.84 Å². The van der Waals surface area contributed by atoms with Crippen LogP contribution < -0.4 is 5.32 Å². The van der Waals surface area contributed by atoms with Crippen LogP contribution in [0.5, 0.6) is 0 Å². The van der Waals surface area contributed by atoms with Crippen LogP contribution in [-0.2, 0) is 4.74 Å². The Kier molecular flexibility index (Phi) is 5.18. The molecule has 8 heteroatoms. The number of carbonyl (C=O) groups excluding carboxylic acids is 1. The molecule has 118 valence electrons. The molecule has 0 fully saturated rings. The van der Waals surface area contributed by atoms with Crippen LogP contribution >= 0.6 is 0 Å². The van der Waals surface area contributed by atoms with Crippen molar-refractivity contribution in [1.82, 2.24) is 25.3 Å². The summed E-state index contributed by atoms with van der Waals surface area (Å²) in [5.74, 6) is -0.255. The van der Waals surface area contributed by atoms with Crippen LogP contribution in [0.3, 0.4) is 0 Å². The van der Waals surface area contributed by atoms with Gasteiger partial charge in [-0.25, -0.2) is 4.68 Å². The normalized spacial score (nSPS) is 11.4. The fraction of sp³-hybridized carbons (Fsp3) is 0.429. The molecular weight excluding hydrogens is 286 g/mol. The highest BCUT2D eigenvalue weighted by Gasteiger charge is 2.19. The Morgan fingerprint density at radius 3 is 2.95 bits per heavy atom. The maximum atomic E-state index is 12.2. The molecule has 0 radical (unpaired) electrons. The Bertz CT molecular complexity index is 613. The van der Waals surface area contributed by atoms with Crippen LogP contribution in [-0.4, -0.2) is 56.4 Å². The maximum absolute atomic E-state index is 12.2. The van der Waals surface area contributed by atoms with E-state index in [1.54, 1.807) is 24.7 Å². The molecule has 0 spiro atoms. The molecule has 0 saturated carbocycles. The van der Waals surface area contributed by atoms with Crippen molar-refractivity contribution < 1.29 is 14.6 Å². The Morgan fingerprint density at radius 2 is 2.27 bits per heavy atom. The van der Waals surface area contributed by atoms with Crippen molar-refractivity contribution in [3.05, 3.63) is 36.4 Å². The van der Waals surface area contributed by atoms with Gasteiger partial charge in [-0.1, -0.05) is 5.21 Å². The fourth-order valence-electron chi connectivity index (χ4n) is 1.79. The molecule has 2 N–H and O–H groups in total. The third kappa shape index (κ3) is 4.34. The molecule has 2 heterocycles. The number of aliphatic hydroxyl groups excluding tert-OH is 1.